The van der Waals surface area contributed by atoms with Crippen molar-refractivity contribution in [1.29, 1.82) is 0 Å². The van der Waals surface area contributed by atoms with E-state index in [0.717, 1.165) is 39.3 Å². The van der Waals surface area contributed by atoms with Crippen LogP contribution in [-0.2, 0) is 14.9 Å². The molecule has 4 aliphatic rings. The molecular weight excluding hydrogens is 314 g/mol. The Labute approximate surface area is 150 Å². The molecule has 5 heteroatoms. The fourth-order valence-corrected chi connectivity index (χ4v) is 4.98. The van der Waals surface area contributed by atoms with Crippen LogP contribution in [0.1, 0.15) is 19.4 Å². The lowest BCUT2D eigenvalue weighted by Gasteiger charge is -2.56. The second-order valence-electron chi connectivity index (χ2n) is 8.42. The molecule has 1 aromatic rings. The van der Waals surface area contributed by atoms with Crippen LogP contribution >= 0.6 is 0 Å². The number of carbonyl (C=O) groups excluding carboxylic acids is 1. The van der Waals surface area contributed by atoms with Gasteiger partial charge in [-0.05, 0) is 19.4 Å². The Morgan fingerprint density at radius 2 is 1.76 bits per heavy atom. The van der Waals surface area contributed by atoms with E-state index in [1.54, 1.807) is 7.11 Å². The number of fused-ring (bicyclic) bond motifs is 1. The second kappa shape index (κ2) is 6.08. The van der Waals surface area contributed by atoms with Crippen molar-refractivity contribution >= 4 is 5.91 Å². The molecule has 3 unspecified atom stereocenters. The first-order valence-electron chi connectivity index (χ1n) is 9.31. The molecule has 5 rings (SSSR count). The Hall–Kier alpha value is -1.43. The maximum atomic E-state index is 12.9. The molecule has 1 aromatic carbocycles. The van der Waals surface area contributed by atoms with Crippen molar-refractivity contribution in [3.63, 3.8) is 0 Å². The van der Waals surface area contributed by atoms with Gasteiger partial charge in [-0.1, -0.05) is 30.3 Å². The molecule has 4 aliphatic heterocycles. The van der Waals surface area contributed by atoms with Gasteiger partial charge in [-0.25, -0.2) is 0 Å². The number of ether oxygens (including phenoxy) is 1. The van der Waals surface area contributed by atoms with Crippen LogP contribution in [0.25, 0.3) is 0 Å². The van der Waals surface area contributed by atoms with Gasteiger partial charge in [0.05, 0.1) is 0 Å². The molecular formula is C20H29N3O2. The first-order chi connectivity index (χ1) is 11.9. The largest absolute Gasteiger partial charge is 0.369 e. The summed E-state index contributed by atoms with van der Waals surface area (Å²) in [6.45, 7) is 10.1. The summed E-state index contributed by atoms with van der Waals surface area (Å²) in [4.78, 5) is 18.1. The lowest BCUT2D eigenvalue weighted by Crippen LogP contribution is -2.71. The van der Waals surface area contributed by atoms with Gasteiger partial charge in [0.15, 0.2) is 0 Å². The predicted octanol–water partition coefficient (Wildman–Crippen LogP) is 1.10. The van der Waals surface area contributed by atoms with Crippen molar-refractivity contribution < 1.29 is 9.53 Å². The summed E-state index contributed by atoms with van der Waals surface area (Å²) in [5.41, 5.74) is 0.499. The van der Waals surface area contributed by atoms with Gasteiger partial charge in [-0.15, -0.1) is 0 Å². The number of hydrogen-bond donors (Lipinski definition) is 1. The summed E-state index contributed by atoms with van der Waals surface area (Å²) in [5, 5.41) is 3.40. The summed E-state index contributed by atoms with van der Waals surface area (Å²) in [5.74, 6) is 0.452. The van der Waals surface area contributed by atoms with E-state index < -0.39 is 5.60 Å². The van der Waals surface area contributed by atoms with E-state index >= 15 is 0 Å². The average molecular weight is 343 g/mol. The van der Waals surface area contributed by atoms with Crippen molar-refractivity contribution in [1.82, 2.24) is 15.1 Å². The van der Waals surface area contributed by atoms with E-state index in [4.69, 9.17) is 4.74 Å². The van der Waals surface area contributed by atoms with Gasteiger partial charge < -0.3 is 19.9 Å². The van der Waals surface area contributed by atoms with Crippen LogP contribution in [0.5, 0.6) is 0 Å². The van der Waals surface area contributed by atoms with E-state index in [9.17, 15) is 4.79 Å². The molecule has 0 radical (unpaired) electrons. The number of carbonyl (C=O) groups is 1. The number of piperidine rings is 2. The number of rotatable bonds is 4. The number of benzene rings is 1. The van der Waals surface area contributed by atoms with Crippen LogP contribution in [0.2, 0.25) is 0 Å². The SMILES string of the molecule is COC(C)(C)C(=O)NC1C2CN3CCN(C2)CC1(c1ccccc1)C3. The highest BCUT2D eigenvalue weighted by atomic mass is 16.5. The lowest BCUT2D eigenvalue weighted by atomic mass is 9.64. The first-order valence-corrected chi connectivity index (χ1v) is 9.31. The Morgan fingerprint density at radius 1 is 1.16 bits per heavy atom. The normalized spacial score (nSPS) is 36.9. The molecule has 25 heavy (non-hydrogen) atoms. The number of methoxy groups -OCH3 is 1. The van der Waals surface area contributed by atoms with Crippen molar-refractivity contribution in [2.24, 2.45) is 5.92 Å². The lowest BCUT2D eigenvalue weighted by molar-refractivity contribution is -0.142. The van der Waals surface area contributed by atoms with Crippen molar-refractivity contribution in [2.75, 3.05) is 46.4 Å². The highest BCUT2D eigenvalue weighted by Crippen LogP contribution is 2.43. The molecule has 4 heterocycles. The molecule has 136 valence electrons. The van der Waals surface area contributed by atoms with E-state index in [-0.39, 0.29) is 17.4 Å². The molecule has 0 aromatic heterocycles. The summed E-state index contributed by atoms with van der Waals surface area (Å²) in [6, 6.07) is 10.9. The van der Waals surface area contributed by atoms with Crippen LogP contribution in [0.3, 0.4) is 0 Å². The maximum Gasteiger partial charge on any atom is 0.251 e. The summed E-state index contributed by atoms with van der Waals surface area (Å²) in [7, 11) is 1.60. The minimum atomic E-state index is -0.802. The van der Waals surface area contributed by atoms with Crippen LogP contribution < -0.4 is 5.32 Å². The van der Waals surface area contributed by atoms with Gasteiger partial charge in [0, 0.05) is 63.8 Å². The molecule has 4 bridgehead atoms. The standard InChI is InChI=1S/C20H29N3O2/c1-19(2,25-3)18(24)21-17-15-11-22-9-10-23(12-15)14-20(17,13-22)16-7-5-4-6-8-16/h4-8,15,17H,9-14H2,1-3H3,(H,21,24). The Bertz CT molecular complexity index is 630. The predicted molar refractivity (Wildman–Crippen MR) is 97.5 cm³/mol. The second-order valence-corrected chi connectivity index (χ2v) is 8.42. The first kappa shape index (κ1) is 17.0. The van der Waals surface area contributed by atoms with Crippen LogP contribution in [-0.4, -0.2) is 73.7 Å². The quantitative estimate of drug-likeness (QED) is 0.889. The molecule has 3 atom stereocenters. The fraction of sp³-hybridized carbons (Fsp3) is 0.650. The van der Waals surface area contributed by atoms with Gasteiger partial charge in [-0.2, -0.15) is 0 Å². The molecule has 0 aliphatic carbocycles. The number of hydrogen-bond acceptors (Lipinski definition) is 4. The Balaban J connectivity index is 1.73. The third kappa shape index (κ3) is 2.78. The Kier molecular flexibility index (Phi) is 4.13. The zero-order valence-electron chi connectivity index (χ0n) is 15.5. The zero-order valence-corrected chi connectivity index (χ0v) is 15.5. The number of amides is 1. The van der Waals surface area contributed by atoms with Gasteiger partial charge in [0.1, 0.15) is 5.60 Å². The zero-order chi connectivity index (χ0) is 17.7. The van der Waals surface area contributed by atoms with E-state index in [2.05, 4.69) is 45.4 Å². The van der Waals surface area contributed by atoms with Gasteiger partial charge in [0.2, 0.25) is 0 Å². The van der Waals surface area contributed by atoms with Gasteiger partial charge >= 0.3 is 0 Å². The molecule has 0 spiro atoms. The van der Waals surface area contributed by atoms with Crippen LogP contribution in [0, 0.1) is 5.92 Å². The maximum absolute atomic E-state index is 12.9. The van der Waals surface area contributed by atoms with E-state index in [1.807, 2.05) is 13.8 Å². The molecule has 1 N–H and O–H groups in total. The monoisotopic (exact) mass is 343 g/mol. The van der Waals surface area contributed by atoms with Gasteiger partial charge in [0.25, 0.3) is 5.91 Å². The molecule has 4 saturated heterocycles. The highest BCUT2D eigenvalue weighted by molar-refractivity contribution is 5.84. The van der Waals surface area contributed by atoms with Gasteiger partial charge in [-0.3, -0.25) is 4.79 Å². The summed E-state index contributed by atoms with van der Waals surface area (Å²) in [6.07, 6.45) is 0. The molecule has 5 nitrogen and oxygen atoms in total. The van der Waals surface area contributed by atoms with Crippen molar-refractivity contribution in [2.45, 2.75) is 30.9 Å². The summed E-state index contributed by atoms with van der Waals surface area (Å²) < 4.78 is 5.42. The van der Waals surface area contributed by atoms with E-state index in [1.165, 1.54) is 5.56 Å². The van der Waals surface area contributed by atoms with Crippen LogP contribution in [0.15, 0.2) is 30.3 Å². The average Bonchev–Trinajstić information content (AvgIpc) is 2.86. The summed E-state index contributed by atoms with van der Waals surface area (Å²) >= 11 is 0. The third-order valence-corrected chi connectivity index (χ3v) is 6.49. The number of nitrogens with zero attached hydrogens (tertiary/aromatic N) is 2. The van der Waals surface area contributed by atoms with Crippen molar-refractivity contribution in [3.8, 4) is 0 Å². The highest BCUT2D eigenvalue weighted by Gasteiger charge is 2.56. The van der Waals surface area contributed by atoms with Crippen molar-refractivity contribution in [3.05, 3.63) is 35.9 Å². The van der Waals surface area contributed by atoms with E-state index in [0.29, 0.717) is 5.92 Å². The minimum absolute atomic E-state index is 0.00791. The minimum Gasteiger partial charge on any atom is -0.369 e. The molecule has 4 fully saturated rings. The smallest absolute Gasteiger partial charge is 0.251 e. The fourth-order valence-electron chi connectivity index (χ4n) is 4.98. The molecule has 0 saturated carbocycles. The topological polar surface area (TPSA) is 44.8 Å². The molecule has 1 amide bonds. The Morgan fingerprint density at radius 3 is 2.32 bits per heavy atom. The number of nitrogens with one attached hydrogen (secondary N) is 1. The van der Waals surface area contributed by atoms with Crippen LogP contribution in [0.4, 0.5) is 0 Å². The third-order valence-electron chi connectivity index (χ3n) is 6.49.